The molecule has 3 aromatic carbocycles. The quantitative estimate of drug-likeness (QED) is 0.174. The van der Waals surface area contributed by atoms with Crippen LogP contribution in [0.4, 0.5) is 14.6 Å². The molecule has 0 unspecified atom stereocenters. The number of likely N-dealkylation sites (tertiary alicyclic amines) is 1. The Balaban J connectivity index is 1.28. The highest BCUT2D eigenvalue weighted by Crippen LogP contribution is 2.38. The number of nitrogens with zero attached hydrogens (tertiary/aromatic N) is 8. The minimum Gasteiger partial charge on any atom is -0.462 e. The molecule has 10 nitrogen and oxygen atoms in total. The van der Waals surface area contributed by atoms with Gasteiger partial charge < -0.3 is 19.4 Å². The summed E-state index contributed by atoms with van der Waals surface area (Å²) in [5, 5.41) is 21.4. The summed E-state index contributed by atoms with van der Waals surface area (Å²) in [6.07, 6.45) is 4.53. The van der Waals surface area contributed by atoms with Crippen molar-refractivity contribution in [1.29, 1.82) is 10.5 Å². The standard InChI is InChI=1S/C39H34F2N8O2/c1-47-18-6-11-29(47)24-51-39-45-36-32(14-13-31(35(36)41)30-12-5-8-25-7-4-9-26(22-43)34(25)30)37(46-39)48-19-20-49(28(23-48)15-16-42)38(50)33(40)21-27-10-2-3-17-44-27/h2-5,7-10,12-14,17,21,28-29H,6,11,15,18-20,23-24H2,1H3/b33-21-/t28-,29-/m0/s1. The van der Waals surface area contributed by atoms with E-state index in [0.29, 0.717) is 40.0 Å². The smallest absolute Gasteiger partial charge is 0.319 e. The molecule has 256 valence electrons. The van der Waals surface area contributed by atoms with Gasteiger partial charge >= 0.3 is 6.01 Å². The first-order chi connectivity index (χ1) is 24.9. The van der Waals surface area contributed by atoms with Gasteiger partial charge in [0.2, 0.25) is 0 Å². The number of anilines is 1. The Labute approximate surface area is 293 Å². The highest BCUT2D eigenvalue weighted by atomic mass is 19.1. The number of ether oxygens (including phenoxy) is 1. The first kappa shape index (κ1) is 33.5. The van der Waals surface area contributed by atoms with Crippen LogP contribution in [0.1, 0.15) is 30.5 Å². The molecule has 4 heterocycles. The molecular weight excluding hydrogens is 650 g/mol. The van der Waals surface area contributed by atoms with E-state index in [4.69, 9.17) is 9.72 Å². The maximum absolute atomic E-state index is 16.9. The summed E-state index contributed by atoms with van der Waals surface area (Å²) in [7, 11) is 2.03. The minimum atomic E-state index is -0.979. The SMILES string of the molecule is CN1CCC[C@H]1COc1nc(N2CCN(C(=O)/C(F)=C/c3ccccn3)[C@@H](CC#N)C2)c2ccc(-c3cccc4cccc(C#N)c34)c(F)c2n1. The molecule has 2 saturated heterocycles. The van der Waals surface area contributed by atoms with Gasteiger partial charge in [-0.05, 0) is 61.6 Å². The van der Waals surface area contributed by atoms with Crippen LogP contribution < -0.4 is 9.64 Å². The van der Waals surface area contributed by atoms with Crippen LogP contribution in [0.15, 0.2) is 78.8 Å². The fraction of sp³-hybridized carbons (Fsp3) is 0.282. The molecule has 5 aromatic rings. The molecule has 0 bridgehead atoms. The Hall–Kier alpha value is -5.98. The molecule has 0 radical (unpaired) electrons. The number of hydrogen-bond donors (Lipinski definition) is 0. The highest BCUT2D eigenvalue weighted by molar-refractivity contribution is 6.03. The van der Waals surface area contributed by atoms with Crippen molar-refractivity contribution in [3.63, 3.8) is 0 Å². The van der Waals surface area contributed by atoms with Crippen molar-refractivity contribution in [3.8, 4) is 29.3 Å². The third kappa shape index (κ3) is 6.66. The molecule has 51 heavy (non-hydrogen) atoms. The van der Waals surface area contributed by atoms with Gasteiger partial charge in [0.25, 0.3) is 5.91 Å². The predicted molar refractivity (Wildman–Crippen MR) is 190 cm³/mol. The second-order valence-electron chi connectivity index (χ2n) is 12.8. The van der Waals surface area contributed by atoms with Crippen LogP contribution in [0.3, 0.4) is 0 Å². The van der Waals surface area contributed by atoms with Crippen molar-refractivity contribution in [3.05, 3.63) is 95.8 Å². The van der Waals surface area contributed by atoms with Crippen molar-refractivity contribution in [2.45, 2.75) is 31.3 Å². The monoisotopic (exact) mass is 684 g/mol. The van der Waals surface area contributed by atoms with E-state index < -0.39 is 23.6 Å². The van der Waals surface area contributed by atoms with E-state index in [2.05, 4.69) is 27.0 Å². The van der Waals surface area contributed by atoms with Gasteiger partial charge in [0.05, 0.1) is 35.9 Å². The van der Waals surface area contributed by atoms with Crippen LogP contribution in [0.2, 0.25) is 0 Å². The van der Waals surface area contributed by atoms with E-state index in [1.54, 1.807) is 48.5 Å². The number of amides is 1. The van der Waals surface area contributed by atoms with Crippen LogP contribution in [0, 0.1) is 28.5 Å². The Kier molecular flexibility index (Phi) is 9.51. The van der Waals surface area contributed by atoms with E-state index in [-0.39, 0.29) is 49.2 Å². The average Bonchev–Trinajstić information content (AvgIpc) is 3.57. The molecule has 12 heteroatoms. The fourth-order valence-electron chi connectivity index (χ4n) is 7.04. The van der Waals surface area contributed by atoms with Crippen LogP contribution >= 0.6 is 0 Å². The van der Waals surface area contributed by atoms with Gasteiger partial charge in [0.1, 0.15) is 17.9 Å². The first-order valence-electron chi connectivity index (χ1n) is 16.8. The summed E-state index contributed by atoms with van der Waals surface area (Å²) in [6, 6.07) is 23.1. The summed E-state index contributed by atoms with van der Waals surface area (Å²) < 4.78 is 38.2. The molecule has 2 aliphatic rings. The van der Waals surface area contributed by atoms with Gasteiger partial charge in [0.15, 0.2) is 11.6 Å². The number of hydrogen-bond acceptors (Lipinski definition) is 9. The zero-order chi connectivity index (χ0) is 35.5. The predicted octanol–water partition coefficient (Wildman–Crippen LogP) is 6.27. The Morgan fingerprint density at radius 2 is 1.84 bits per heavy atom. The number of pyridine rings is 1. The van der Waals surface area contributed by atoms with Crippen molar-refractivity contribution < 1.29 is 18.3 Å². The second-order valence-corrected chi connectivity index (χ2v) is 12.8. The molecule has 0 aliphatic carbocycles. The average molecular weight is 685 g/mol. The van der Waals surface area contributed by atoms with E-state index in [1.165, 1.54) is 11.1 Å². The lowest BCUT2D eigenvalue weighted by Gasteiger charge is -2.41. The number of benzene rings is 3. The van der Waals surface area contributed by atoms with Crippen LogP contribution in [0.5, 0.6) is 6.01 Å². The number of carbonyl (C=O) groups is 1. The van der Waals surface area contributed by atoms with Crippen molar-refractivity contribution >= 4 is 39.5 Å². The summed E-state index contributed by atoms with van der Waals surface area (Å²) in [4.78, 5) is 32.2. The number of aromatic nitrogens is 3. The normalized spacial score (nSPS) is 18.2. The molecule has 2 fully saturated rings. The Bertz CT molecular complexity index is 2230. The van der Waals surface area contributed by atoms with Gasteiger partial charge in [0, 0.05) is 54.3 Å². The maximum atomic E-state index is 16.9. The summed E-state index contributed by atoms with van der Waals surface area (Å²) >= 11 is 0. The summed E-state index contributed by atoms with van der Waals surface area (Å²) in [5.41, 5.74) is 1.60. The third-order valence-corrected chi connectivity index (χ3v) is 9.69. The van der Waals surface area contributed by atoms with E-state index >= 15 is 8.78 Å². The number of rotatable bonds is 8. The topological polar surface area (TPSA) is 122 Å². The van der Waals surface area contributed by atoms with Crippen molar-refractivity contribution in [2.75, 3.05) is 44.7 Å². The zero-order valence-corrected chi connectivity index (χ0v) is 28.0. The minimum absolute atomic E-state index is 0.00385. The fourth-order valence-corrected chi connectivity index (χ4v) is 7.04. The van der Waals surface area contributed by atoms with E-state index in [0.717, 1.165) is 30.8 Å². The third-order valence-electron chi connectivity index (χ3n) is 9.69. The molecule has 2 aliphatic heterocycles. The van der Waals surface area contributed by atoms with Gasteiger partial charge in [-0.3, -0.25) is 9.78 Å². The van der Waals surface area contributed by atoms with Gasteiger partial charge in [-0.25, -0.2) is 8.78 Å². The first-order valence-corrected chi connectivity index (χ1v) is 16.8. The molecular formula is C39H34F2N8O2. The van der Waals surface area contributed by atoms with E-state index in [1.807, 2.05) is 30.1 Å². The lowest BCUT2D eigenvalue weighted by molar-refractivity contribution is -0.131. The van der Waals surface area contributed by atoms with Crippen molar-refractivity contribution in [1.82, 2.24) is 24.8 Å². The number of halogens is 2. The molecule has 7 rings (SSSR count). The van der Waals surface area contributed by atoms with Gasteiger partial charge in [-0.1, -0.05) is 42.5 Å². The zero-order valence-electron chi connectivity index (χ0n) is 28.0. The molecule has 0 spiro atoms. The van der Waals surface area contributed by atoms with Crippen LogP contribution in [-0.2, 0) is 4.79 Å². The molecule has 0 saturated carbocycles. The van der Waals surface area contributed by atoms with Gasteiger partial charge in [-0.2, -0.15) is 20.5 Å². The second kappa shape index (κ2) is 14.5. The van der Waals surface area contributed by atoms with Crippen LogP contribution in [0.25, 0.3) is 38.9 Å². The van der Waals surface area contributed by atoms with E-state index in [9.17, 15) is 15.3 Å². The molecule has 2 atom stereocenters. The Morgan fingerprint density at radius 1 is 1.00 bits per heavy atom. The maximum Gasteiger partial charge on any atom is 0.319 e. The van der Waals surface area contributed by atoms with Gasteiger partial charge in [-0.15, -0.1) is 0 Å². The molecule has 0 N–H and O–H groups in total. The summed E-state index contributed by atoms with van der Waals surface area (Å²) in [5.74, 6) is -2.02. The number of carbonyl (C=O) groups excluding carboxylic acids is 1. The number of nitriles is 2. The lowest BCUT2D eigenvalue weighted by atomic mass is 9.94. The largest absolute Gasteiger partial charge is 0.462 e. The van der Waals surface area contributed by atoms with Crippen molar-refractivity contribution in [2.24, 2.45) is 0 Å². The van der Waals surface area contributed by atoms with Crippen LogP contribution in [-0.4, -0.2) is 82.6 Å². The number of piperazine rings is 1. The highest BCUT2D eigenvalue weighted by Gasteiger charge is 2.34. The molecule has 2 aromatic heterocycles. The number of fused-ring (bicyclic) bond motifs is 2. The summed E-state index contributed by atoms with van der Waals surface area (Å²) in [6.45, 7) is 1.74. The Morgan fingerprint density at radius 3 is 2.59 bits per heavy atom. The number of likely N-dealkylation sites (N-methyl/N-ethyl adjacent to an activating group) is 1. The lowest BCUT2D eigenvalue weighted by Crippen LogP contribution is -2.55. The molecule has 1 amide bonds.